The molecular weight excluding hydrogens is 256 g/mol. The number of hydrazine groups is 1. The average Bonchev–Trinajstić information content (AvgIpc) is 2.80. The molecule has 2 heterocycles. The number of nitrogens with zero attached hydrogens (tertiary/aromatic N) is 4. The number of hydrogen-bond donors (Lipinski definition) is 2. The van der Waals surface area contributed by atoms with E-state index in [1.807, 2.05) is 6.92 Å². The number of piperazine rings is 1. The van der Waals surface area contributed by atoms with Crippen molar-refractivity contribution in [2.24, 2.45) is 5.84 Å². The molecule has 1 aromatic heterocycles. The van der Waals surface area contributed by atoms with E-state index in [0.717, 1.165) is 11.5 Å². The summed E-state index contributed by atoms with van der Waals surface area (Å²) in [5.74, 6) is 5.16. The molecule has 0 aliphatic carbocycles. The molecular formula is C9H14N6O2S. The van der Waals surface area contributed by atoms with Crippen LogP contribution in [0.5, 0.6) is 0 Å². The Labute approximate surface area is 108 Å². The summed E-state index contributed by atoms with van der Waals surface area (Å²) in [7, 11) is 0. The largest absolute Gasteiger partial charge is 0.332 e. The van der Waals surface area contributed by atoms with E-state index in [2.05, 4.69) is 15.0 Å². The number of likely N-dealkylation sites (N-methyl/N-ethyl adjacent to an activating group) is 1. The van der Waals surface area contributed by atoms with Gasteiger partial charge in [-0.1, -0.05) is 4.49 Å². The monoisotopic (exact) mass is 270 g/mol. The van der Waals surface area contributed by atoms with Crippen LogP contribution in [0.4, 0.5) is 5.00 Å². The van der Waals surface area contributed by atoms with Crippen LogP contribution in [-0.4, -0.2) is 50.8 Å². The first-order chi connectivity index (χ1) is 8.65. The standard InChI is InChI=1S/C9H14N6O2S/c1-2-14-4-8(17)15(5-7(14)16)3-6-9(11-10)18-13-12-6/h11H,2-5,10H2,1H3. The van der Waals surface area contributed by atoms with E-state index < -0.39 is 0 Å². The zero-order valence-electron chi connectivity index (χ0n) is 9.92. The SMILES string of the molecule is CCN1CC(=O)N(Cc2nnsc2NN)CC1=O. The van der Waals surface area contributed by atoms with Crippen LogP contribution in [0.1, 0.15) is 12.6 Å². The number of amides is 2. The molecule has 0 aromatic carbocycles. The van der Waals surface area contributed by atoms with Crippen molar-refractivity contribution in [3.8, 4) is 0 Å². The molecule has 0 unspecified atom stereocenters. The second kappa shape index (κ2) is 5.27. The van der Waals surface area contributed by atoms with E-state index in [-0.39, 0.29) is 31.4 Å². The molecule has 0 saturated carbocycles. The molecule has 98 valence electrons. The molecule has 3 N–H and O–H groups in total. The Morgan fingerprint density at radius 2 is 2.00 bits per heavy atom. The lowest BCUT2D eigenvalue weighted by atomic mass is 10.2. The molecule has 0 radical (unpaired) electrons. The number of nitrogens with two attached hydrogens (primary N) is 1. The predicted molar refractivity (Wildman–Crippen MR) is 65.4 cm³/mol. The second-order valence-corrected chi connectivity index (χ2v) is 4.60. The van der Waals surface area contributed by atoms with Crippen LogP contribution in [-0.2, 0) is 16.1 Å². The van der Waals surface area contributed by atoms with Gasteiger partial charge in [0.25, 0.3) is 0 Å². The minimum Gasteiger partial charge on any atom is -0.332 e. The van der Waals surface area contributed by atoms with Gasteiger partial charge in [-0.2, -0.15) is 0 Å². The molecule has 18 heavy (non-hydrogen) atoms. The molecule has 8 nitrogen and oxygen atoms in total. The van der Waals surface area contributed by atoms with Gasteiger partial charge in [0.2, 0.25) is 11.8 Å². The van der Waals surface area contributed by atoms with Crippen molar-refractivity contribution >= 4 is 28.3 Å². The average molecular weight is 270 g/mol. The Balaban J connectivity index is 2.06. The van der Waals surface area contributed by atoms with Crippen LogP contribution >= 0.6 is 11.5 Å². The van der Waals surface area contributed by atoms with Gasteiger partial charge in [-0.05, 0) is 6.92 Å². The van der Waals surface area contributed by atoms with Crippen molar-refractivity contribution in [1.29, 1.82) is 0 Å². The summed E-state index contributed by atoms with van der Waals surface area (Å²) in [5.41, 5.74) is 3.05. The molecule has 2 amide bonds. The number of hydrogen-bond acceptors (Lipinski definition) is 7. The number of aromatic nitrogens is 2. The van der Waals surface area contributed by atoms with Gasteiger partial charge >= 0.3 is 0 Å². The number of nitrogens with one attached hydrogen (secondary N) is 1. The maximum absolute atomic E-state index is 11.9. The minimum absolute atomic E-state index is 0.0532. The van der Waals surface area contributed by atoms with Crippen molar-refractivity contribution < 1.29 is 9.59 Å². The minimum atomic E-state index is -0.0904. The molecule has 2 rings (SSSR count). The maximum atomic E-state index is 11.9. The van der Waals surface area contributed by atoms with Gasteiger partial charge < -0.3 is 15.2 Å². The van der Waals surface area contributed by atoms with Crippen molar-refractivity contribution in [3.05, 3.63) is 5.69 Å². The Morgan fingerprint density at radius 3 is 2.67 bits per heavy atom. The van der Waals surface area contributed by atoms with E-state index >= 15 is 0 Å². The zero-order valence-corrected chi connectivity index (χ0v) is 10.7. The molecule has 0 bridgehead atoms. The summed E-state index contributed by atoms with van der Waals surface area (Å²) in [5, 5.41) is 4.49. The smallest absolute Gasteiger partial charge is 0.243 e. The third kappa shape index (κ3) is 2.41. The van der Waals surface area contributed by atoms with Crippen molar-refractivity contribution in [1.82, 2.24) is 19.4 Å². The van der Waals surface area contributed by atoms with E-state index in [1.54, 1.807) is 0 Å². The highest BCUT2D eigenvalue weighted by molar-refractivity contribution is 7.10. The fourth-order valence-electron chi connectivity index (χ4n) is 1.74. The maximum Gasteiger partial charge on any atom is 0.243 e. The topological polar surface area (TPSA) is 104 Å². The van der Waals surface area contributed by atoms with Gasteiger partial charge in [0.15, 0.2) is 0 Å². The van der Waals surface area contributed by atoms with Gasteiger partial charge in [0.1, 0.15) is 17.2 Å². The van der Waals surface area contributed by atoms with Crippen molar-refractivity contribution in [2.75, 3.05) is 25.1 Å². The molecule has 1 fully saturated rings. The predicted octanol–water partition coefficient (Wildman–Crippen LogP) is -0.986. The number of rotatable bonds is 4. The van der Waals surface area contributed by atoms with Crippen LogP contribution < -0.4 is 11.3 Å². The summed E-state index contributed by atoms with van der Waals surface area (Å²) in [6, 6.07) is 0. The fourth-order valence-corrected chi connectivity index (χ4v) is 2.22. The lowest BCUT2D eigenvalue weighted by molar-refractivity contribution is -0.150. The first-order valence-corrected chi connectivity index (χ1v) is 6.26. The molecule has 0 spiro atoms. The first kappa shape index (κ1) is 12.7. The van der Waals surface area contributed by atoms with Gasteiger partial charge in [-0.3, -0.25) is 9.59 Å². The molecule has 1 aliphatic rings. The van der Waals surface area contributed by atoms with Gasteiger partial charge in [-0.15, -0.1) is 5.10 Å². The van der Waals surface area contributed by atoms with Crippen LogP contribution in [0.15, 0.2) is 0 Å². The number of anilines is 1. The normalized spacial score (nSPS) is 16.3. The molecule has 0 atom stereocenters. The van der Waals surface area contributed by atoms with E-state index in [0.29, 0.717) is 17.2 Å². The van der Waals surface area contributed by atoms with Crippen LogP contribution in [0.2, 0.25) is 0 Å². The van der Waals surface area contributed by atoms with E-state index in [1.165, 1.54) is 9.80 Å². The Morgan fingerprint density at radius 1 is 1.33 bits per heavy atom. The summed E-state index contributed by atoms with van der Waals surface area (Å²) in [6.07, 6.45) is 0. The van der Waals surface area contributed by atoms with Crippen molar-refractivity contribution in [3.63, 3.8) is 0 Å². The summed E-state index contributed by atoms with van der Waals surface area (Å²) in [6.45, 7) is 2.85. The van der Waals surface area contributed by atoms with Crippen LogP contribution in [0.3, 0.4) is 0 Å². The third-order valence-corrected chi connectivity index (χ3v) is 3.47. The highest BCUT2D eigenvalue weighted by atomic mass is 32.1. The third-order valence-electron chi connectivity index (χ3n) is 2.77. The number of nitrogen functional groups attached to an aromatic ring is 1. The molecule has 1 aliphatic heterocycles. The Kier molecular flexibility index (Phi) is 3.72. The van der Waals surface area contributed by atoms with Gasteiger partial charge in [-0.25, -0.2) is 5.84 Å². The van der Waals surface area contributed by atoms with Crippen molar-refractivity contribution in [2.45, 2.75) is 13.5 Å². The zero-order chi connectivity index (χ0) is 13.1. The summed E-state index contributed by atoms with van der Waals surface area (Å²) in [4.78, 5) is 26.6. The fraction of sp³-hybridized carbons (Fsp3) is 0.556. The lowest BCUT2D eigenvalue weighted by Crippen LogP contribution is -2.53. The quantitative estimate of drug-likeness (QED) is 0.538. The number of carbonyl (C=O) groups is 2. The molecule has 1 aromatic rings. The number of carbonyl (C=O) groups excluding carboxylic acids is 2. The van der Waals surface area contributed by atoms with Gasteiger partial charge in [0, 0.05) is 18.1 Å². The molecule has 1 saturated heterocycles. The van der Waals surface area contributed by atoms with E-state index in [9.17, 15) is 9.59 Å². The van der Waals surface area contributed by atoms with Crippen LogP contribution in [0.25, 0.3) is 0 Å². The summed E-state index contributed by atoms with van der Waals surface area (Å²) >= 11 is 1.11. The molecule has 9 heteroatoms. The second-order valence-electron chi connectivity index (χ2n) is 3.85. The van der Waals surface area contributed by atoms with Gasteiger partial charge in [0.05, 0.1) is 13.1 Å². The summed E-state index contributed by atoms with van der Waals surface area (Å²) < 4.78 is 3.75. The highest BCUT2D eigenvalue weighted by Crippen LogP contribution is 2.19. The van der Waals surface area contributed by atoms with Crippen LogP contribution in [0, 0.1) is 0 Å². The van der Waals surface area contributed by atoms with E-state index in [4.69, 9.17) is 5.84 Å². The highest BCUT2D eigenvalue weighted by Gasteiger charge is 2.29. The Hall–Kier alpha value is -1.74. The lowest BCUT2D eigenvalue weighted by Gasteiger charge is -2.32. The first-order valence-electron chi connectivity index (χ1n) is 5.49. The Bertz CT molecular complexity index is 462.